The van der Waals surface area contributed by atoms with Gasteiger partial charge in [0.05, 0.1) is 5.60 Å². The molecule has 0 amide bonds. The first kappa shape index (κ1) is 18.0. The summed E-state index contributed by atoms with van der Waals surface area (Å²) in [7, 11) is 0. The summed E-state index contributed by atoms with van der Waals surface area (Å²) in [5, 5.41) is 3.83. The van der Waals surface area contributed by atoms with Gasteiger partial charge in [-0.3, -0.25) is 0 Å². The van der Waals surface area contributed by atoms with E-state index in [1.165, 1.54) is 25.7 Å². The van der Waals surface area contributed by atoms with Crippen molar-refractivity contribution < 1.29 is 4.74 Å². The highest BCUT2D eigenvalue weighted by Gasteiger charge is 2.40. The van der Waals surface area contributed by atoms with Gasteiger partial charge in [-0.15, -0.1) is 0 Å². The van der Waals surface area contributed by atoms with E-state index >= 15 is 0 Å². The molecule has 0 aromatic rings. The Kier molecular flexibility index (Phi) is 7.53. The fourth-order valence-electron chi connectivity index (χ4n) is 4.20. The first-order valence-electron chi connectivity index (χ1n) is 8.84. The fourth-order valence-corrected chi connectivity index (χ4v) is 4.20. The van der Waals surface area contributed by atoms with Gasteiger partial charge >= 0.3 is 0 Å². The number of hydrogen-bond donors (Lipinski definition) is 1. The van der Waals surface area contributed by atoms with Crippen molar-refractivity contribution in [1.82, 2.24) is 5.32 Å². The highest BCUT2D eigenvalue weighted by Crippen LogP contribution is 2.39. The molecule has 2 nitrogen and oxygen atoms in total. The largest absolute Gasteiger partial charge is 0.374 e. The Morgan fingerprint density at radius 3 is 2.15 bits per heavy atom. The Bertz CT molecular complexity index is 258. The summed E-state index contributed by atoms with van der Waals surface area (Å²) in [4.78, 5) is 0. The van der Waals surface area contributed by atoms with Crippen molar-refractivity contribution in [3.8, 4) is 0 Å². The molecule has 0 aliphatic heterocycles. The minimum Gasteiger partial charge on any atom is -0.374 e. The molecule has 4 unspecified atom stereocenters. The van der Waals surface area contributed by atoms with E-state index in [1.54, 1.807) is 0 Å². The monoisotopic (exact) mass is 283 g/mol. The first-order valence-corrected chi connectivity index (χ1v) is 8.84. The molecule has 0 aromatic heterocycles. The lowest BCUT2D eigenvalue weighted by Crippen LogP contribution is -2.55. The Morgan fingerprint density at radius 2 is 1.70 bits per heavy atom. The lowest BCUT2D eigenvalue weighted by atomic mass is 9.69. The highest BCUT2D eigenvalue weighted by molar-refractivity contribution is 4.95. The molecule has 120 valence electrons. The lowest BCUT2D eigenvalue weighted by Gasteiger charge is -2.45. The van der Waals surface area contributed by atoms with Crippen LogP contribution in [0.3, 0.4) is 0 Å². The van der Waals surface area contributed by atoms with Crippen LogP contribution < -0.4 is 5.32 Å². The third kappa shape index (κ3) is 4.73. The molecule has 0 bridgehead atoms. The van der Waals surface area contributed by atoms with Crippen molar-refractivity contribution in [2.45, 2.75) is 85.3 Å². The van der Waals surface area contributed by atoms with E-state index in [1.807, 2.05) is 0 Å². The molecule has 0 saturated heterocycles. The molecule has 0 spiro atoms. The van der Waals surface area contributed by atoms with Gasteiger partial charge in [0.1, 0.15) is 0 Å². The highest BCUT2D eigenvalue weighted by atomic mass is 16.5. The van der Waals surface area contributed by atoms with Crippen LogP contribution in [-0.2, 0) is 4.74 Å². The van der Waals surface area contributed by atoms with E-state index in [0.29, 0.717) is 6.04 Å². The predicted molar refractivity (Wildman–Crippen MR) is 88.1 cm³/mol. The Hall–Kier alpha value is -0.0800. The molecule has 4 atom stereocenters. The molecule has 0 heterocycles. The van der Waals surface area contributed by atoms with Gasteiger partial charge in [-0.1, -0.05) is 27.7 Å². The van der Waals surface area contributed by atoms with Crippen molar-refractivity contribution in [1.29, 1.82) is 0 Å². The summed E-state index contributed by atoms with van der Waals surface area (Å²) in [6, 6.07) is 0.498. The Morgan fingerprint density at radius 1 is 1.10 bits per heavy atom. The third-order valence-corrected chi connectivity index (χ3v) is 5.13. The summed E-state index contributed by atoms with van der Waals surface area (Å²) in [5.74, 6) is 2.48. The first-order chi connectivity index (χ1) is 9.46. The molecule has 0 radical (unpaired) electrons. The molecule has 20 heavy (non-hydrogen) atoms. The minimum absolute atomic E-state index is 0.0225. The van der Waals surface area contributed by atoms with Gasteiger partial charge in [0, 0.05) is 12.6 Å². The van der Waals surface area contributed by atoms with Crippen LogP contribution in [0.4, 0.5) is 0 Å². The average molecular weight is 284 g/mol. The molecule has 1 saturated carbocycles. The van der Waals surface area contributed by atoms with Crippen LogP contribution >= 0.6 is 0 Å². The van der Waals surface area contributed by atoms with Crippen LogP contribution in [0.1, 0.15) is 73.6 Å². The van der Waals surface area contributed by atoms with E-state index < -0.39 is 0 Å². The van der Waals surface area contributed by atoms with Crippen molar-refractivity contribution in [2.75, 3.05) is 13.2 Å². The number of ether oxygens (including phenoxy) is 1. The molecular weight excluding hydrogens is 246 g/mol. The Labute approximate surface area is 127 Å². The second-order valence-corrected chi connectivity index (χ2v) is 7.21. The number of nitrogens with one attached hydrogen (secondary N) is 1. The third-order valence-electron chi connectivity index (χ3n) is 5.13. The maximum absolute atomic E-state index is 6.20. The average Bonchev–Trinajstić information content (AvgIpc) is 2.38. The zero-order valence-corrected chi connectivity index (χ0v) is 14.7. The molecule has 0 aromatic carbocycles. The fraction of sp³-hybridized carbons (Fsp3) is 1.00. The van der Waals surface area contributed by atoms with Gasteiger partial charge < -0.3 is 10.1 Å². The molecule has 2 heteroatoms. The summed E-state index contributed by atoms with van der Waals surface area (Å²) in [5.41, 5.74) is -0.0225. The standard InChI is InChI=1S/C18H37NO/c1-7-10-19-17(18(6,8-2)20-9-3)16-12-14(4)11-15(5)13-16/h14-17,19H,7-13H2,1-6H3. The quantitative estimate of drug-likeness (QED) is 0.701. The van der Waals surface area contributed by atoms with Crippen LogP contribution in [0.15, 0.2) is 0 Å². The number of rotatable bonds is 8. The van der Waals surface area contributed by atoms with Crippen molar-refractivity contribution in [3.63, 3.8) is 0 Å². The normalized spacial score (nSPS) is 31.8. The van der Waals surface area contributed by atoms with E-state index in [2.05, 4.69) is 46.9 Å². The molecule has 1 aliphatic rings. The summed E-state index contributed by atoms with van der Waals surface area (Å²) in [6.07, 6.45) is 6.39. The van der Waals surface area contributed by atoms with Crippen molar-refractivity contribution >= 4 is 0 Å². The molecular formula is C18H37NO. The van der Waals surface area contributed by atoms with E-state index in [0.717, 1.165) is 37.3 Å². The summed E-state index contributed by atoms with van der Waals surface area (Å²) >= 11 is 0. The summed E-state index contributed by atoms with van der Waals surface area (Å²) in [6.45, 7) is 15.7. The van der Waals surface area contributed by atoms with Gasteiger partial charge in [-0.05, 0) is 70.3 Å². The Balaban J connectivity index is 2.86. The zero-order chi connectivity index (χ0) is 15.2. The minimum atomic E-state index is -0.0225. The topological polar surface area (TPSA) is 21.3 Å². The van der Waals surface area contributed by atoms with Gasteiger partial charge in [0.25, 0.3) is 0 Å². The van der Waals surface area contributed by atoms with Gasteiger partial charge in [-0.2, -0.15) is 0 Å². The van der Waals surface area contributed by atoms with Crippen molar-refractivity contribution in [3.05, 3.63) is 0 Å². The lowest BCUT2D eigenvalue weighted by molar-refractivity contribution is -0.0771. The van der Waals surface area contributed by atoms with Crippen LogP contribution in [0.25, 0.3) is 0 Å². The van der Waals surface area contributed by atoms with Crippen LogP contribution in [-0.4, -0.2) is 24.8 Å². The second-order valence-electron chi connectivity index (χ2n) is 7.21. The van der Waals surface area contributed by atoms with Gasteiger partial charge in [-0.25, -0.2) is 0 Å². The van der Waals surface area contributed by atoms with E-state index in [9.17, 15) is 0 Å². The SMILES string of the molecule is CCCNC(C1CC(C)CC(C)C1)C(C)(CC)OCC. The number of hydrogen-bond acceptors (Lipinski definition) is 2. The smallest absolute Gasteiger partial charge is 0.0806 e. The van der Waals surface area contributed by atoms with Crippen LogP contribution in [0.5, 0.6) is 0 Å². The van der Waals surface area contributed by atoms with E-state index in [-0.39, 0.29) is 5.60 Å². The molecule has 1 fully saturated rings. The maximum Gasteiger partial charge on any atom is 0.0806 e. The van der Waals surface area contributed by atoms with Gasteiger partial charge in [0.15, 0.2) is 0 Å². The zero-order valence-electron chi connectivity index (χ0n) is 14.7. The van der Waals surface area contributed by atoms with Gasteiger partial charge in [0.2, 0.25) is 0 Å². The maximum atomic E-state index is 6.20. The van der Waals surface area contributed by atoms with E-state index in [4.69, 9.17) is 4.74 Å². The summed E-state index contributed by atoms with van der Waals surface area (Å²) < 4.78 is 6.20. The second kappa shape index (κ2) is 8.38. The van der Waals surface area contributed by atoms with Crippen LogP contribution in [0.2, 0.25) is 0 Å². The van der Waals surface area contributed by atoms with Crippen molar-refractivity contribution in [2.24, 2.45) is 17.8 Å². The molecule has 1 rings (SSSR count). The molecule has 1 aliphatic carbocycles. The van der Waals surface area contributed by atoms with Crippen LogP contribution in [0, 0.1) is 17.8 Å². The molecule has 1 N–H and O–H groups in total. The predicted octanol–water partition coefficient (Wildman–Crippen LogP) is 4.63.